The number of ether oxygens (including phenoxy) is 1. The van der Waals surface area contributed by atoms with Gasteiger partial charge >= 0.3 is 12.1 Å². The highest BCUT2D eigenvalue weighted by molar-refractivity contribution is 5.80. The lowest BCUT2D eigenvalue weighted by Crippen LogP contribution is -2.46. The summed E-state index contributed by atoms with van der Waals surface area (Å²) in [5.74, 6) is -1.18. The van der Waals surface area contributed by atoms with Crippen molar-refractivity contribution in [1.82, 2.24) is 10.6 Å². The molecule has 170 valence electrons. The van der Waals surface area contributed by atoms with E-state index in [9.17, 15) is 9.59 Å². The number of aliphatic carboxylic acids is 1. The van der Waals surface area contributed by atoms with Crippen molar-refractivity contribution in [2.24, 2.45) is 5.92 Å². The van der Waals surface area contributed by atoms with Gasteiger partial charge in [-0.25, -0.2) is 9.59 Å². The van der Waals surface area contributed by atoms with E-state index in [0.29, 0.717) is 6.42 Å². The van der Waals surface area contributed by atoms with E-state index in [1.165, 1.54) is 64.2 Å². The van der Waals surface area contributed by atoms with E-state index in [2.05, 4.69) is 10.6 Å². The average molecular weight is 413 g/mol. The molecule has 0 spiro atoms. The normalized spacial score (nSPS) is 20.7. The highest BCUT2D eigenvalue weighted by Crippen LogP contribution is 2.22. The van der Waals surface area contributed by atoms with Crippen LogP contribution in [0.3, 0.4) is 0 Å². The van der Waals surface area contributed by atoms with Gasteiger partial charge in [-0.05, 0) is 52.4 Å². The van der Waals surface area contributed by atoms with Crippen molar-refractivity contribution in [3.8, 4) is 0 Å². The van der Waals surface area contributed by atoms with Crippen molar-refractivity contribution in [2.75, 3.05) is 0 Å². The fraction of sp³-hybridized carbons (Fsp3) is 0.913. The number of carboxylic acid groups (broad SMARTS) is 1. The molecule has 2 aliphatic carbocycles. The van der Waals surface area contributed by atoms with Crippen LogP contribution < -0.4 is 10.6 Å². The summed E-state index contributed by atoms with van der Waals surface area (Å²) in [5.41, 5.74) is -0.622. The fourth-order valence-electron chi connectivity index (χ4n) is 3.99. The van der Waals surface area contributed by atoms with E-state index in [4.69, 9.17) is 9.84 Å². The Morgan fingerprint density at radius 1 is 0.966 bits per heavy atom. The predicted octanol–water partition coefficient (Wildman–Crippen LogP) is 5.25. The van der Waals surface area contributed by atoms with Gasteiger partial charge in [0.15, 0.2) is 0 Å². The Morgan fingerprint density at radius 2 is 1.41 bits per heavy atom. The van der Waals surface area contributed by atoms with Crippen molar-refractivity contribution in [3.05, 3.63) is 0 Å². The Bertz CT molecular complexity index is 462. The molecular weight excluding hydrogens is 368 g/mol. The maximum Gasteiger partial charge on any atom is 0.408 e. The highest BCUT2D eigenvalue weighted by Gasteiger charge is 2.27. The van der Waals surface area contributed by atoms with Crippen LogP contribution >= 0.6 is 0 Å². The third kappa shape index (κ3) is 11.5. The number of rotatable bonds is 6. The number of carboxylic acids is 1. The summed E-state index contributed by atoms with van der Waals surface area (Å²) in [6, 6.07) is 0.841. The molecule has 0 bridgehead atoms. The first-order chi connectivity index (χ1) is 13.6. The van der Waals surface area contributed by atoms with E-state index in [-0.39, 0.29) is 5.92 Å². The van der Waals surface area contributed by atoms with Crippen LogP contribution in [0.4, 0.5) is 4.79 Å². The summed E-state index contributed by atoms with van der Waals surface area (Å²) in [7, 11) is 0. The molecule has 3 N–H and O–H groups in total. The molecule has 0 aromatic rings. The molecule has 2 atom stereocenters. The molecule has 0 unspecified atom stereocenters. The standard InChI is InChI=1S/C12H23N.C11H21NO4/c1-3-7-11(8-4-1)13-12-9-5-2-6-10-12;1-6-7(2)8(9(13)14)12-10(15)16-11(3,4)5/h11-13H,1-10H2;7-8H,6H2,1-5H3,(H,12,15)(H,13,14)/t;7-,8+/m.0/s1. The van der Waals surface area contributed by atoms with Gasteiger partial charge in [0.05, 0.1) is 0 Å². The molecule has 2 rings (SSSR count). The van der Waals surface area contributed by atoms with Gasteiger partial charge in [0.1, 0.15) is 11.6 Å². The molecule has 2 aliphatic rings. The zero-order valence-corrected chi connectivity index (χ0v) is 19.3. The van der Waals surface area contributed by atoms with E-state index >= 15 is 0 Å². The van der Waals surface area contributed by atoms with Crippen molar-refractivity contribution in [3.63, 3.8) is 0 Å². The van der Waals surface area contributed by atoms with Gasteiger partial charge in [0, 0.05) is 12.1 Å². The zero-order chi connectivity index (χ0) is 21.9. The van der Waals surface area contributed by atoms with Crippen LogP contribution in [-0.4, -0.2) is 40.9 Å². The number of carbonyl (C=O) groups is 2. The van der Waals surface area contributed by atoms with Gasteiger partial charge in [0.25, 0.3) is 0 Å². The molecule has 0 aromatic heterocycles. The minimum absolute atomic E-state index is 0.134. The summed E-state index contributed by atoms with van der Waals surface area (Å²) in [6.45, 7) is 8.83. The van der Waals surface area contributed by atoms with Gasteiger partial charge in [-0.1, -0.05) is 58.8 Å². The van der Waals surface area contributed by atoms with Crippen molar-refractivity contribution in [2.45, 2.75) is 129 Å². The predicted molar refractivity (Wildman–Crippen MR) is 117 cm³/mol. The highest BCUT2D eigenvalue weighted by atomic mass is 16.6. The maximum atomic E-state index is 11.4. The molecular formula is C23H44N2O4. The topological polar surface area (TPSA) is 87.7 Å². The molecule has 0 aliphatic heterocycles. The van der Waals surface area contributed by atoms with Crippen LogP contribution in [0.5, 0.6) is 0 Å². The van der Waals surface area contributed by atoms with E-state index in [1.54, 1.807) is 27.7 Å². The third-order valence-electron chi connectivity index (χ3n) is 5.83. The number of hydrogen-bond acceptors (Lipinski definition) is 4. The van der Waals surface area contributed by atoms with Crippen LogP contribution in [0.2, 0.25) is 0 Å². The van der Waals surface area contributed by atoms with Gasteiger partial charge in [0.2, 0.25) is 0 Å². The summed E-state index contributed by atoms with van der Waals surface area (Å²) in [4.78, 5) is 22.3. The Balaban J connectivity index is 0.000000294. The SMILES string of the molecule is C1CCC(NC2CCCCC2)CC1.CC[C@H](C)[C@@H](NC(=O)OC(C)(C)C)C(=O)O. The number of amides is 1. The van der Waals surface area contributed by atoms with Crippen molar-refractivity contribution < 1.29 is 19.4 Å². The van der Waals surface area contributed by atoms with Crippen LogP contribution in [0, 0.1) is 5.92 Å². The Kier molecular flexibility index (Phi) is 11.6. The van der Waals surface area contributed by atoms with E-state index in [0.717, 1.165) is 12.1 Å². The van der Waals surface area contributed by atoms with Gasteiger partial charge in [-0.3, -0.25) is 0 Å². The first kappa shape index (κ1) is 25.7. The van der Waals surface area contributed by atoms with Crippen LogP contribution in [0.25, 0.3) is 0 Å². The molecule has 2 saturated carbocycles. The lowest BCUT2D eigenvalue weighted by atomic mass is 9.91. The molecule has 0 aromatic carbocycles. The number of carbonyl (C=O) groups excluding carboxylic acids is 1. The maximum absolute atomic E-state index is 11.4. The van der Waals surface area contributed by atoms with Gasteiger partial charge < -0.3 is 20.5 Å². The lowest BCUT2D eigenvalue weighted by Gasteiger charge is -2.30. The van der Waals surface area contributed by atoms with Crippen LogP contribution in [0.15, 0.2) is 0 Å². The van der Waals surface area contributed by atoms with Gasteiger partial charge in [-0.2, -0.15) is 0 Å². The molecule has 29 heavy (non-hydrogen) atoms. The van der Waals surface area contributed by atoms with E-state index in [1.807, 2.05) is 6.92 Å². The summed E-state index contributed by atoms with van der Waals surface area (Å²) < 4.78 is 5.00. The van der Waals surface area contributed by atoms with E-state index < -0.39 is 23.7 Å². The number of hydrogen-bond donors (Lipinski definition) is 3. The third-order valence-corrected chi connectivity index (χ3v) is 5.83. The minimum Gasteiger partial charge on any atom is -0.480 e. The molecule has 1 amide bonds. The quantitative estimate of drug-likeness (QED) is 0.554. The first-order valence-corrected chi connectivity index (χ1v) is 11.6. The van der Waals surface area contributed by atoms with Gasteiger partial charge in [-0.15, -0.1) is 0 Å². The molecule has 0 radical (unpaired) electrons. The molecule has 2 fully saturated rings. The summed E-state index contributed by atoms with van der Waals surface area (Å²) >= 11 is 0. The number of nitrogens with one attached hydrogen (secondary N) is 2. The zero-order valence-electron chi connectivity index (χ0n) is 19.3. The summed E-state index contributed by atoms with van der Waals surface area (Å²) in [5, 5.41) is 15.2. The second-order valence-electron chi connectivity index (χ2n) is 9.68. The smallest absolute Gasteiger partial charge is 0.408 e. The monoisotopic (exact) mass is 412 g/mol. The van der Waals surface area contributed by atoms with Crippen molar-refractivity contribution in [1.29, 1.82) is 0 Å². The molecule has 0 heterocycles. The Hall–Kier alpha value is -1.30. The minimum atomic E-state index is -1.04. The second kappa shape index (κ2) is 13.1. The second-order valence-corrected chi connectivity index (χ2v) is 9.68. The van der Waals surface area contributed by atoms with Crippen LogP contribution in [-0.2, 0) is 9.53 Å². The molecule has 0 saturated heterocycles. The van der Waals surface area contributed by atoms with Crippen LogP contribution in [0.1, 0.15) is 105 Å². The average Bonchev–Trinajstić information content (AvgIpc) is 2.66. The molecule has 6 nitrogen and oxygen atoms in total. The largest absolute Gasteiger partial charge is 0.480 e. The van der Waals surface area contributed by atoms with Crippen molar-refractivity contribution >= 4 is 12.1 Å². The summed E-state index contributed by atoms with van der Waals surface area (Å²) in [6.07, 6.45) is 14.5. The Labute approximate surface area is 177 Å². The fourth-order valence-corrected chi connectivity index (χ4v) is 3.99. The molecule has 6 heteroatoms. The Morgan fingerprint density at radius 3 is 1.76 bits per heavy atom. The number of alkyl carbamates (subject to hydrolysis) is 1. The lowest BCUT2D eigenvalue weighted by molar-refractivity contribution is -0.140. The first-order valence-electron chi connectivity index (χ1n) is 11.6.